The molecule has 5 nitrogen and oxygen atoms in total. The monoisotopic (exact) mass is 255 g/mol. The Morgan fingerprint density at radius 2 is 2.18 bits per heavy atom. The van der Waals surface area contributed by atoms with Gasteiger partial charge in [-0.15, -0.1) is 11.8 Å². The molecule has 1 N–H and O–H groups in total. The van der Waals surface area contributed by atoms with Crippen LogP contribution in [0.3, 0.4) is 0 Å². The summed E-state index contributed by atoms with van der Waals surface area (Å²) in [5.41, 5.74) is 0.726. The number of nitrogens with one attached hydrogen (secondary N) is 1. The zero-order chi connectivity index (χ0) is 12.8. The number of nitro groups is 1. The van der Waals surface area contributed by atoms with Gasteiger partial charge >= 0.3 is 5.69 Å². The van der Waals surface area contributed by atoms with Gasteiger partial charge in [-0.3, -0.25) is 10.1 Å². The molecule has 0 amide bonds. The maximum absolute atomic E-state index is 11.0. The molecule has 6 heteroatoms. The minimum atomic E-state index is -0.330. The van der Waals surface area contributed by atoms with E-state index in [0.717, 1.165) is 12.3 Å². The number of benzene rings is 1. The molecule has 1 rings (SSSR count). The number of nitrogens with zero attached hydrogens (tertiary/aromatic N) is 2. The van der Waals surface area contributed by atoms with Crippen LogP contribution in [0, 0.1) is 10.1 Å². The Morgan fingerprint density at radius 3 is 2.71 bits per heavy atom. The van der Waals surface area contributed by atoms with Crippen LogP contribution in [0.1, 0.15) is 0 Å². The summed E-state index contributed by atoms with van der Waals surface area (Å²) in [6, 6.07) is 5.34. The predicted molar refractivity (Wildman–Crippen MR) is 71.9 cm³/mol. The van der Waals surface area contributed by atoms with Crippen LogP contribution in [-0.2, 0) is 0 Å². The molecule has 0 aliphatic carbocycles. The first-order valence-corrected chi connectivity index (χ1v) is 6.27. The molecule has 0 aliphatic rings. The summed E-state index contributed by atoms with van der Waals surface area (Å²) in [6.07, 6.45) is 0. The molecule has 0 heterocycles. The fraction of sp³-hybridized carbons (Fsp3) is 0.455. The highest BCUT2D eigenvalue weighted by Crippen LogP contribution is 2.35. The molecule has 1 aromatic carbocycles. The lowest BCUT2D eigenvalue weighted by Gasteiger charge is -2.10. The maximum atomic E-state index is 11.0. The van der Waals surface area contributed by atoms with Crippen LogP contribution in [0.5, 0.6) is 0 Å². The van der Waals surface area contributed by atoms with Crippen LogP contribution in [0.15, 0.2) is 23.1 Å². The van der Waals surface area contributed by atoms with Gasteiger partial charge < -0.3 is 10.2 Å². The van der Waals surface area contributed by atoms with Crippen molar-refractivity contribution in [2.75, 3.05) is 38.8 Å². The Hall–Kier alpha value is -1.27. The molecular weight excluding hydrogens is 238 g/mol. The fourth-order valence-corrected chi connectivity index (χ4v) is 2.54. The van der Waals surface area contributed by atoms with Crippen LogP contribution in [0.2, 0.25) is 0 Å². The molecule has 0 bridgehead atoms. The van der Waals surface area contributed by atoms with Crippen molar-refractivity contribution >= 4 is 23.1 Å². The zero-order valence-corrected chi connectivity index (χ0v) is 11.1. The summed E-state index contributed by atoms with van der Waals surface area (Å²) in [7, 11) is 5.66. The van der Waals surface area contributed by atoms with Gasteiger partial charge in [0.05, 0.1) is 9.82 Å². The third kappa shape index (κ3) is 3.90. The minimum absolute atomic E-state index is 0.166. The van der Waals surface area contributed by atoms with Gasteiger partial charge in [-0.2, -0.15) is 0 Å². The maximum Gasteiger partial charge on any atom is 0.305 e. The molecule has 0 saturated carbocycles. The van der Waals surface area contributed by atoms with Crippen molar-refractivity contribution in [1.82, 2.24) is 4.90 Å². The average Bonchev–Trinajstić information content (AvgIpc) is 2.27. The van der Waals surface area contributed by atoms with Crippen molar-refractivity contribution in [2.24, 2.45) is 0 Å². The first-order valence-electron chi connectivity index (χ1n) is 5.29. The Labute approximate surface area is 105 Å². The van der Waals surface area contributed by atoms with Gasteiger partial charge in [0.1, 0.15) is 5.69 Å². The van der Waals surface area contributed by atoms with Gasteiger partial charge in [-0.25, -0.2) is 0 Å². The lowest BCUT2D eigenvalue weighted by molar-refractivity contribution is -0.386. The third-order valence-electron chi connectivity index (χ3n) is 2.25. The van der Waals surface area contributed by atoms with E-state index in [1.165, 1.54) is 11.8 Å². The molecule has 17 heavy (non-hydrogen) atoms. The van der Waals surface area contributed by atoms with Gasteiger partial charge in [-0.05, 0) is 26.2 Å². The van der Waals surface area contributed by atoms with Crippen LogP contribution in [0.4, 0.5) is 11.4 Å². The first kappa shape index (κ1) is 13.8. The molecular formula is C11H17N3O2S. The highest BCUT2D eigenvalue weighted by molar-refractivity contribution is 7.99. The minimum Gasteiger partial charge on any atom is -0.383 e. The van der Waals surface area contributed by atoms with Crippen LogP contribution in [-0.4, -0.2) is 43.3 Å². The first-order chi connectivity index (χ1) is 8.06. The largest absolute Gasteiger partial charge is 0.383 e. The quantitative estimate of drug-likeness (QED) is 0.480. The topological polar surface area (TPSA) is 58.4 Å². The smallest absolute Gasteiger partial charge is 0.305 e. The lowest BCUT2D eigenvalue weighted by atomic mass is 10.3. The van der Waals surface area contributed by atoms with Crippen LogP contribution in [0.25, 0.3) is 0 Å². The van der Waals surface area contributed by atoms with E-state index in [-0.39, 0.29) is 10.6 Å². The summed E-state index contributed by atoms with van der Waals surface area (Å²) in [4.78, 5) is 13.5. The summed E-state index contributed by atoms with van der Waals surface area (Å²) in [6.45, 7) is 0.894. The zero-order valence-electron chi connectivity index (χ0n) is 10.3. The van der Waals surface area contributed by atoms with E-state index in [9.17, 15) is 10.1 Å². The SMILES string of the molecule is CNc1cccc(SCCN(C)C)c1[N+](=O)[O-]. The molecule has 0 fully saturated rings. The molecule has 0 radical (unpaired) electrons. The molecule has 0 atom stereocenters. The summed E-state index contributed by atoms with van der Waals surface area (Å²) in [5, 5.41) is 13.9. The van der Waals surface area contributed by atoms with Gasteiger partial charge in [0.25, 0.3) is 0 Å². The van der Waals surface area contributed by atoms with Crippen molar-refractivity contribution in [2.45, 2.75) is 4.90 Å². The standard InChI is InChI=1S/C11H17N3O2S/c1-12-9-5-4-6-10(11(9)14(15)16)17-8-7-13(2)3/h4-6,12H,7-8H2,1-3H3. The molecule has 0 spiro atoms. The van der Waals surface area contributed by atoms with Crippen molar-refractivity contribution in [3.8, 4) is 0 Å². The molecule has 0 aromatic heterocycles. The number of anilines is 1. The van der Waals surface area contributed by atoms with E-state index in [1.54, 1.807) is 19.2 Å². The average molecular weight is 255 g/mol. The van der Waals surface area contributed by atoms with Crippen molar-refractivity contribution < 1.29 is 4.92 Å². The summed E-state index contributed by atoms with van der Waals surface area (Å²) >= 11 is 1.51. The predicted octanol–water partition coefficient (Wildman–Crippen LogP) is 2.29. The van der Waals surface area contributed by atoms with Gasteiger partial charge in [0.2, 0.25) is 0 Å². The number of thioether (sulfide) groups is 1. The number of hydrogen-bond donors (Lipinski definition) is 1. The van der Waals surface area contributed by atoms with Crippen LogP contribution < -0.4 is 5.32 Å². The van der Waals surface area contributed by atoms with Gasteiger partial charge in [-0.1, -0.05) is 6.07 Å². The second-order valence-electron chi connectivity index (χ2n) is 3.81. The summed E-state index contributed by atoms with van der Waals surface area (Å²) in [5.74, 6) is 0.834. The van der Waals surface area contributed by atoms with Gasteiger partial charge in [0.15, 0.2) is 0 Å². The van der Waals surface area contributed by atoms with Crippen LogP contribution >= 0.6 is 11.8 Å². The fourth-order valence-electron chi connectivity index (χ4n) is 1.37. The molecule has 0 unspecified atom stereocenters. The summed E-state index contributed by atoms with van der Waals surface area (Å²) < 4.78 is 0. The lowest BCUT2D eigenvalue weighted by Crippen LogP contribution is -2.14. The Morgan fingerprint density at radius 1 is 1.47 bits per heavy atom. The molecule has 0 saturated heterocycles. The molecule has 1 aromatic rings. The highest BCUT2D eigenvalue weighted by atomic mass is 32.2. The number of hydrogen-bond acceptors (Lipinski definition) is 5. The Balaban J connectivity index is 2.87. The van der Waals surface area contributed by atoms with E-state index in [1.807, 2.05) is 20.2 Å². The number of para-hydroxylation sites is 1. The second kappa shape index (κ2) is 6.46. The van der Waals surface area contributed by atoms with E-state index in [2.05, 4.69) is 10.2 Å². The van der Waals surface area contributed by atoms with Gasteiger partial charge in [0, 0.05) is 19.3 Å². The van der Waals surface area contributed by atoms with Crippen molar-refractivity contribution in [3.63, 3.8) is 0 Å². The van der Waals surface area contributed by atoms with Crippen molar-refractivity contribution in [3.05, 3.63) is 28.3 Å². The highest BCUT2D eigenvalue weighted by Gasteiger charge is 2.18. The second-order valence-corrected chi connectivity index (χ2v) is 4.95. The van der Waals surface area contributed by atoms with E-state index in [4.69, 9.17) is 0 Å². The Kier molecular flexibility index (Phi) is 5.24. The molecule has 94 valence electrons. The van der Waals surface area contributed by atoms with E-state index < -0.39 is 0 Å². The Bertz CT molecular complexity index is 396. The third-order valence-corrected chi connectivity index (χ3v) is 3.27. The van der Waals surface area contributed by atoms with E-state index in [0.29, 0.717) is 10.6 Å². The normalized spacial score (nSPS) is 10.6. The number of rotatable bonds is 6. The molecule has 0 aliphatic heterocycles. The number of nitro benzene ring substituents is 1. The van der Waals surface area contributed by atoms with Crippen molar-refractivity contribution in [1.29, 1.82) is 0 Å². The van der Waals surface area contributed by atoms with E-state index >= 15 is 0 Å².